The van der Waals surface area contributed by atoms with Gasteiger partial charge in [0.15, 0.2) is 0 Å². The normalized spacial score (nSPS) is 21.2. The molecule has 24 heavy (non-hydrogen) atoms. The lowest BCUT2D eigenvalue weighted by Gasteiger charge is -2.28. The zero-order valence-corrected chi connectivity index (χ0v) is 15.6. The van der Waals surface area contributed by atoms with Crippen molar-refractivity contribution in [3.05, 3.63) is 0 Å². The fourth-order valence-electron chi connectivity index (χ4n) is 2.50. The molecule has 1 aliphatic rings. The average Bonchev–Trinajstić information content (AvgIpc) is 2.43. The number of hydrogen-bond donors (Lipinski definition) is 0. The van der Waals surface area contributed by atoms with Gasteiger partial charge in [0.1, 0.15) is 17.8 Å². The largest absolute Gasteiger partial charge is 0.509 e. The molecule has 0 bridgehead atoms. The van der Waals surface area contributed by atoms with Crippen molar-refractivity contribution in [1.29, 1.82) is 0 Å². The Hall–Kier alpha value is -1.46. The molecule has 0 aliphatic heterocycles. The second kappa shape index (κ2) is 9.74. The molecule has 0 radical (unpaired) electrons. The first-order chi connectivity index (χ1) is 11.2. The van der Waals surface area contributed by atoms with Gasteiger partial charge in [-0.2, -0.15) is 0 Å². The van der Waals surface area contributed by atoms with E-state index in [1.807, 2.05) is 0 Å². The number of carbonyl (C=O) groups is 2. The molecular formula is C18H32O6. The van der Waals surface area contributed by atoms with E-state index in [0.717, 1.165) is 12.8 Å². The molecule has 0 aromatic carbocycles. The minimum absolute atomic E-state index is 0.166. The van der Waals surface area contributed by atoms with Crippen molar-refractivity contribution >= 4 is 12.3 Å². The summed E-state index contributed by atoms with van der Waals surface area (Å²) in [5.41, 5.74) is -0.559. The first-order valence-electron chi connectivity index (χ1n) is 8.88. The topological polar surface area (TPSA) is 71.1 Å². The molecule has 1 aliphatic carbocycles. The highest BCUT2D eigenvalue weighted by Gasteiger charge is 2.28. The smallest absolute Gasteiger partial charge is 0.434 e. The highest BCUT2D eigenvalue weighted by Crippen LogP contribution is 2.25. The van der Waals surface area contributed by atoms with Crippen LogP contribution in [0.25, 0.3) is 0 Å². The summed E-state index contributed by atoms with van der Waals surface area (Å²) in [5.74, 6) is 0.602. The second-order valence-electron chi connectivity index (χ2n) is 7.73. The van der Waals surface area contributed by atoms with Gasteiger partial charge in [-0.3, -0.25) is 0 Å². The van der Waals surface area contributed by atoms with Crippen molar-refractivity contribution in [3.8, 4) is 0 Å². The predicted molar refractivity (Wildman–Crippen MR) is 89.9 cm³/mol. The van der Waals surface area contributed by atoms with Crippen LogP contribution in [0.15, 0.2) is 0 Å². The van der Waals surface area contributed by atoms with Gasteiger partial charge in [0.2, 0.25) is 0 Å². The first kappa shape index (κ1) is 20.6. The third-order valence-corrected chi connectivity index (χ3v) is 3.68. The molecule has 0 saturated heterocycles. The van der Waals surface area contributed by atoms with Crippen LogP contribution in [0.4, 0.5) is 9.59 Å². The monoisotopic (exact) mass is 344 g/mol. The van der Waals surface area contributed by atoms with E-state index in [1.54, 1.807) is 20.8 Å². The van der Waals surface area contributed by atoms with Crippen LogP contribution in [0.5, 0.6) is 0 Å². The number of hydrogen-bond acceptors (Lipinski definition) is 6. The number of ether oxygens (including phenoxy) is 4. The van der Waals surface area contributed by atoms with Gasteiger partial charge < -0.3 is 18.9 Å². The molecule has 6 nitrogen and oxygen atoms in total. The van der Waals surface area contributed by atoms with E-state index >= 15 is 0 Å². The van der Waals surface area contributed by atoms with E-state index in [2.05, 4.69) is 13.8 Å². The zero-order chi connectivity index (χ0) is 18.2. The molecule has 140 valence electrons. The SMILES string of the molecule is CC(C)CCCOC(=O)OC1CCC(OC(=O)OC(C)(C)C)CC1. The molecule has 0 N–H and O–H groups in total. The van der Waals surface area contributed by atoms with Gasteiger partial charge in [0.05, 0.1) is 6.61 Å². The minimum Gasteiger partial charge on any atom is -0.434 e. The van der Waals surface area contributed by atoms with Crippen LogP contribution in [-0.4, -0.2) is 36.7 Å². The highest BCUT2D eigenvalue weighted by atomic mass is 16.7. The summed E-state index contributed by atoms with van der Waals surface area (Å²) >= 11 is 0. The van der Waals surface area contributed by atoms with Crippen LogP contribution in [0.3, 0.4) is 0 Å². The summed E-state index contributed by atoms with van der Waals surface area (Å²) in [7, 11) is 0. The quantitative estimate of drug-likeness (QED) is 0.507. The Kier molecular flexibility index (Phi) is 8.36. The minimum atomic E-state index is -0.642. The summed E-state index contributed by atoms with van der Waals surface area (Å²) in [6, 6.07) is 0. The maximum atomic E-state index is 11.6. The number of carbonyl (C=O) groups excluding carboxylic acids is 2. The summed E-state index contributed by atoms with van der Waals surface area (Å²) in [4.78, 5) is 23.3. The highest BCUT2D eigenvalue weighted by molar-refractivity contribution is 5.61. The lowest BCUT2D eigenvalue weighted by molar-refractivity contribution is -0.0494. The lowest BCUT2D eigenvalue weighted by atomic mass is 9.95. The molecule has 1 saturated carbocycles. The molecule has 0 unspecified atom stereocenters. The molecule has 1 rings (SSSR count). The summed E-state index contributed by atoms with van der Waals surface area (Å²) in [6.45, 7) is 10.1. The van der Waals surface area contributed by atoms with Crippen molar-refractivity contribution in [2.24, 2.45) is 5.92 Å². The Labute approximate surface area is 145 Å². The predicted octanol–water partition coefficient (Wildman–Crippen LogP) is 4.84. The van der Waals surface area contributed by atoms with Crippen LogP contribution >= 0.6 is 0 Å². The van der Waals surface area contributed by atoms with E-state index in [1.165, 1.54) is 0 Å². The molecule has 0 aromatic rings. The van der Waals surface area contributed by atoms with Gasteiger partial charge in [-0.15, -0.1) is 0 Å². The zero-order valence-electron chi connectivity index (χ0n) is 15.6. The van der Waals surface area contributed by atoms with E-state index in [4.69, 9.17) is 18.9 Å². The fourth-order valence-corrected chi connectivity index (χ4v) is 2.50. The Bertz CT molecular complexity index is 391. The van der Waals surface area contributed by atoms with E-state index in [0.29, 0.717) is 38.2 Å². The van der Waals surface area contributed by atoms with Crippen LogP contribution < -0.4 is 0 Å². The van der Waals surface area contributed by atoms with Gasteiger partial charge in [0.25, 0.3) is 0 Å². The third kappa shape index (κ3) is 9.63. The van der Waals surface area contributed by atoms with Crippen LogP contribution in [0.2, 0.25) is 0 Å². The molecule has 1 fully saturated rings. The van der Waals surface area contributed by atoms with Crippen molar-refractivity contribution in [2.45, 2.75) is 91.0 Å². The molecular weight excluding hydrogens is 312 g/mol. The Morgan fingerprint density at radius 2 is 1.46 bits per heavy atom. The van der Waals surface area contributed by atoms with Crippen molar-refractivity contribution in [1.82, 2.24) is 0 Å². The van der Waals surface area contributed by atoms with Gasteiger partial charge in [-0.25, -0.2) is 9.59 Å². The molecule has 0 spiro atoms. The maximum absolute atomic E-state index is 11.6. The summed E-state index contributed by atoms with van der Waals surface area (Å²) in [5, 5.41) is 0. The maximum Gasteiger partial charge on any atom is 0.509 e. The molecule has 0 heterocycles. The van der Waals surface area contributed by atoms with Crippen molar-refractivity contribution < 1.29 is 28.5 Å². The van der Waals surface area contributed by atoms with Gasteiger partial charge >= 0.3 is 12.3 Å². The van der Waals surface area contributed by atoms with Crippen LogP contribution in [0, 0.1) is 5.92 Å². The van der Waals surface area contributed by atoms with E-state index in [9.17, 15) is 9.59 Å². The van der Waals surface area contributed by atoms with E-state index in [-0.39, 0.29) is 12.2 Å². The Morgan fingerprint density at radius 1 is 0.958 bits per heavy atom. The standard InChI is InChI=1S/C18H32O6/c1-13(2)7-6-12-21-16(19)22-14-8-10-15(11-9-14)23-17(20)24-18(3,4)5/h13-15H,6-12H2,1-5H3. The average molecular weight is 344 g/mol. The molecule has 0 amide bonds. The van der Waals surface area contributed by atoms with Crippen molar-refractivity contribution in [2.75, 3.05) is 6.61 Å². The fraction of sp³-hybridized carbons (Fsp3) is 0.889. The molecule has 0 atom stereocenters. The Morgan fingerprint density at radius 3 is 1.92 bits per heavy atom. The van der Waals surface area contributed by atoms with Gasteiger partial charge in [-0.05, 0) is 65.2 Å². The summed E-state index contributed by atoms with van der Waals surface area (Å²) in [6.07, 6.45) is 2.93. The summed E-state index contributed by atoms with van der Waals surface area (Å²) < 4.78 is 20.8. The third-order valence-electron chi connectivity index (χ3n) is 3.68. The van der Waals surface area contributed by atoms with Crippen molar-refractivity contribution in [3.63, 3.8) is 0 Å². The van der Waals surface area contributed by atoms with Crippen LogP contribution in [-0.2, 0) is 18.9 Å². The second-order valence-corrected chi connectivity index (χ2v) is 7.73. The van der Waals surface area contributed by atoms with Gasteiger partial charge in [0, 0.05) is 0 Å². The lowest BCUT2D eigenvalue weighted by Crippen LogP contribution is -2.32. The van der Waals surface area contributed by atoms with E-state index < -0.39 is 17.9 Å². The number of rotatable bonds is 6. The molecule has 0 aromatic heterocycles. The first-order valence-corrected chi connectivity index (χ1v) is 8.88. The van der Waals surface area contributed by atoms with Crippen LogP contribution in [0.1, 0.15) is 73.1 Å². The van der Waals surface area contributed by atoms with Gasteiger partial charge in [-0.1, -0.05) is 13.8 Å². The molecule has 6 heteroatoms. The Balaban J connectivity index is 2.16.